The minimum atomic E-state index is -1.45. The molecule has 5 heteroatoms. The Balaban J connectivity index is 2.18. The van der Waals surface area contributed by atoms with Crippen LogP contribution in [0.2, 0.25) is 0 Å². The van der Waals surface area contributed by atoms with Gasteiger partial charge in [-0.1, -0.05) is 0 Å². The van der Waals surface area contributed by atoms with Crippen molar-refractivity contribution in [3.05, 3.63) is 11.8 Å². The first-order valence-corrected chi connectivity index (χ1v) is 3.68. The molecule has 1 saturated carbocycles. The Morgan fingerprint density at radius 1 is 1.55 bits per heavy atom. The fourth-order valence-electron chi connectivity index (χ4n) is 1.09. The van der Waals surface area contributed by atoms with Crippen LogP contribution in [-0.2, 0) is 0 Å². The number of H-pyrrole nitrogens is 1. The van der Waals surface area contributed by atoms with Gasteiger partial charge in [0.15, 0.2) is 0 Å². The molecule has 58 valence electrons. The summed E-state index contributed by atoms with van der Waals surface area (Å²) in [6.07, 6.45) is 2.37. The summed E-state index contributed by atoms with van der Waals surface area (Å²) in [5.74, 6) is 0.579. The molecule has 2 rings (SSSR count). The first-order valence-electron chi connectivity index (χ1n) is 3.68. The molecule has 4 nitrogen and oxygen atoms in total. The summed E-state index contributed by atoms with van der Waals surface area (Å²) < 4.78 is 0. The summed E-state index contributed by atoms with van der Waals surface area (Å²) >= 11 is 0. The molecule has 1 aromatic rings. The van der Waals surface area contributed by atoms with Crippen LogP contribution in [0.1, 0.15) is 24.5 Å². The highest BCUT2D eigenvalue weighted by atomic mass is 16.4. The maximum Gasteiger partial charge on any atom is 0.510 e. The van der Waals surface area contributed by atoms with E-state index < -0.39 is 7.12 Å². The third kappa shape index (κ3) is 1.29. The number of nitrogens with zero attached hydrogens (tertiary/aromatic N) is 1. The van der Waals surface area contributed by atoms with E-state index in [4.69, 9.17) is 10.0 Å². The zero-order valence-corrected chi connectivity index (χ0v) is 5.99. The van der Waals surface area contributed by atoms with Crippen LogP contribution in [0, 0.1) is 0 Å². The van der Waals surface area contributed by atoms with E-state index in [-0.39, 0.29) is 0 Å². The van der Waals surface area contributed by atoms with Crippen LogP contribution >= 0.6 is 0 Å². The van der Waals surface area contributed by atoms with Crippen molar-refractivity contribution in [1.29, 1.82) is 0 Å². The van der Waals surface area contributed by atoms with Gasteiger partial charge < -0.3 is 10.0 Å². The minimum absolute atomic E-state index is 0.312. The second-order valence-electron chi connectivity index (χ2n) is 2.90. The second kappa shape index (κ2) is 2.35. The number of nitrogens with one attached hydrogen (secondary N) is 1. The SMILES string of the molecule is OB(O)c1cc(C2CC2)[nH]n1. The van der Waals surface area contributed by atoms with Crippen LogP contribution in [0.3, 0.4) is 0 Å². The Morgan fingerprint density at radius 2 is 2.27 bits per heavy atom. The molecule has 0 atom stereocenters. The number of aromatic nitrogens is 2. The lowest BCUT2D eigenvalue weighted by Crippen LogP contribution is -2.30. The molecular formula is C6H9BN2O2. The molecule has 0 amide bonds. The van der Waals surface area contributed by atoms with Crippen molar-refractivity contribution in [3.8, 4) is 0 Å². The van der Waals surface area contributed by atoms with E-state index in [1.807, 2.05) is 0 Å². The number of hydrogen-bond acceptors (Lipinski definition) is 3. The van der Waals surface area contributed by atoms with E-state index in [0.29, 0.717) is 11.5 Å². The zero-order chi connectivity index (χ0) is 7.84. The number of aromatic amines is 1. The molecule has 0 bridgehead atoms. The normalized spacial score (nSPS) is 16.9. The quantitative estimate of drug-likeness (QED) is 0.474. The lowest BCUT2D eigenvalue weighted by atomic mass is 9.86. The van der Waals surface area contributed by atoms with Crippen LogP contribution in [0.25, 0.3) is 0 Å². The van der Waals surface area contributed by atoms with Gasteiger partial charge in [-0.3, -0.25) is 5.10 Å². The maximum atomic E-state index is 8.71. The third-order valence-electron chi connectivity index (χ3n) is 1.90. The molecule has 0 aromatic carbocycles. The Hall–Kier alpha value is -0.805. The highest BCUT2D eigenvalue weighted by Crippen LogP contribution is 2.38. The van der Waals surface area contributed by atoms with Gasteiger partial charge >= 0.3 is 7.12 Å². The lowest BCUT2D eigenvalue weighted by Gasteiger charge is -1.87. The lowest BCUT2D eigenvalue weighted by molar-refractivity contribution is 0.424. The molecule has 1 fully saturated rings. The highest BCUT2D eigenvalue weighted by molar-refractivity contribution is 6.57. The molecular weight excluding hydrogens is 143 g/mol. The monoisotopic (exact) mass is 152 g/mol. The van der Waals surface area contributed by atoms with Gasteiger partial charge in [-0.25, -0.2) is 0 Å². The maximum absolute atomic E-state index is 8.71. The first kappa shape index (κ1) is 6.88. The zero-order valence-electron chi connectivity index (χ0n) is 5.99. The van der Waals surface area contributed by atoms with Crippen molar-refractivity contribution in [3.63, 3.8) is 0 Å². The summed E-state index contributed by atoms with van der Waals surface area (Å²) in [4.78, 5) is 0. The van der Waals surface area contributed by atoms with Crippen LogP contribution in [0.4, 0.5) is 0 Å². The molecule has 0 aliphatic heterocycles. The average Bonchev–Trinajstić information content (AvgIpc) is 2.68. The Bertz CT molecular complexity index is 240. The number of rotatable bonds is 2. The van der Waals surface area contributed by atoms with Crippen LogP contribution in [-0.4, -0.2) is 27.4 Å². The van der Waals surface area contributed by atoms with Crippen molar-refractivity contribution >= 4 is 12.7 Å². The standard InChI is InChI=1S/C6H9BN2O2/c10-7(11)6-3-5(8-9-6)4-1-2-4/h3-4,10-11H,1-2H2,(H,8,9). The summed E-state index contributed by atoms with van der Waals surface area (Å²) in [5.41, 5.74) is 1.33. The first-order chi connectivity index (χ1) is 5.27. The topological polar surface area (TPSA) is 69.1 Å². The molecule has 0 unspecified atom stereocenters. The molecule has 0 saturated heterocycles. The molecule has 0 radical (unpaired) electrons. The molecule has 11 heavy (non-hydrogen) atoms. The smallest absolute Gasteiger partial charge is 0.422 e. The van der Waals surface area contributed by atoms with Crippen LogP contribution in [0.15, 0.2) is 6.07 Å². The Morgan fingerprint density at radius 3 is 2.73 bits per heavy atom. The number of hydrogen-bond donors (Lipinski definition) is 3. The van der Waals surface area contributed by atoms with E-state index in [1.165, 1.54) is 12.8 Å². The van der Waals surface area contributed by atoms with Gasteiger partial charge in [0.25, 0.3) is 0 Å². The Kier molecular flexibility index (Phi) is 1.47. The molecule has 1 aliphatic rings. The van der Waals surface area contributed by atoms with Gasteiger partial charge in [0.05, 0.1) is 5.59 Å². The van der Waals surface area contributed by atoms with Crippen molar-refractivity contribution in [2.45, 2.75) is 18.8 Å². The fraction of sp³-hybridized carbons (Fsp3) is 0.500. The molecule has 3 N–H and O–H groups in total. The van der Waals surface area contributed by atoms with E-state index in [9.17, 15) is 0 Å². The van der Waals surface area contributed by atoms with Gasteiger partial charge in [0.1, 0.15) is 0 Å². The summed E-state index contributed by atoms with van der Waals surface area (Å²) in [6, 6.07) is 1.71. The van der Waals surface area contributed by atoms with Crippen molar-refractivity contribution < 1.29 is 10.0 Å². The van der Waals surface area contributed by atoms with Crippen molar-refractivity contribution in [1.82, 2.24) is 10.2 Å². The molecule has 1 heterocycles. The largest absolute Gasteiger partial charge is 0.510 e. The van der Waals surface area contributed by atoms with E-state index in [1.54, 1.807) is 6.07 Å². The average molecular weight is 152 g/mol. The van der Waals surface area contributed by atoms with Crippen molar-refractivity contribution in [2.75, 3.05) is 0 Å². The van der Waals surface area contributed by atoms with Crippen LogP contribution < -0.4 is 5.59 Å². The van der Waals surface area contributed by atoms with E-state index in [2.05, 4.69) is 10.2 Å². The minimum Gasteiger partial charge on any atom is -0.422 e. The summed E-state index contributed by atoms with van der Waals surface area (Å²) in [6.45, 7) is 0. The molecule has 1 aliphatic carbocycles. The van der Waals surface area contributed by atoms with Gasteiger partial charge in [-0.05, 0) is 18.9 Å². The second-order valence-corrected chi connectivity index (χ2v) is 2.90. The van der Waals surface area contributed by atoms with Crippen molar-refractivity contribution in [2.24, 2.45) is 0 Å². The highest BCUT2D eigenvalue weighted by Gasteiger charge is 2.27. The van der Waals surface area contributed by atoms with E-state index >= 15 is 0 Å². The predicted octanol–water partition coefficient (Wildman–Crippen LogP) is -1.03. The summed E-state index contributed by atoms with van der Waals surface area (Å²) in [5, 5.41) is 24.0. The third-order valence-corrected chi connectivity index (χ3v) is 1.90. The van der Waals surface area contributed by atoms with Gasteiger partial charge in [0.2, 0.25) is 0 Å². The molecule has 1 aromatic heterocycles. The summed E-state index contributed by atoms with van der Waals surface area (Å²) in [7, 11) is -1.45. The van der Waals surface area contributed by atoms with Gasteiger partial charge in [-0.2, -0.15) is 5.10 Å². The molecule has 0 spiro atoms. The fourth-order valence-corrected chi connectivity index (χ4v) is 1.09. The predicted molar refractivity (Wildman–Crippen MR) is 40.4 cm³/mol. The Labute approximate surface area is 64.4 Å². The van der Waals surface area contributed by atoms with Gasteiger partial charge in [-0.15, -0.1) is 0 Å². The van der Waals surface area contributed by atoms with Crippen LogP contribution in [0.5, 0.6) is 0 Å². The van der Waals surface area contributed by atoms with E-state index in [0.717, 1.165) is 5.69 Å². The van der Waals surface area contributed by atoms with Gasteiger partial charge in [0, 0.05) is 11.6 Å².